The summed E-state index contributed by atoms with van der Waals surface area (Å²) in [5, 5.41) is 45.1. The molecule has 0 bridgehead atoms. The molecule has 0 saturated heterocycles. The van der Waals surface area contributed by atoms with Crippen molar-refractivity contribution in [2.75, 3.05) is 79.3 Å². The zero-order valence-corrected chi connectivity index (χ0v) is 30.9. The van der Waals surface area contributed by atoms with E-state index in [4.69, 9.17) is 10.2 Å². The van der Waals surface area contributed by atoms with Crippen LogP contribution in [-0.4, -0.2) is 185 Å². The third kappa shape index (κ3) is 25.5. The molecule has 0 aliphatic rings. The number of rotatable bonds is 37. The second kappa shape index (κ2) is 24.6. The Hall–Kier alpha value is -2.04. The lowest BCUT2D eigenvalue weighted by molar-refractivity contribution is -0.567. The minimum atomic E-state index is -6.96. The van der Waals surface area contributed by atoms with Crippen molar-refractivity contribution < 1.29 is 165 Å². The van der Waals surface area contributed by atoms with E-state index in [1.165, 1.54) is 0 Å². The Labute approximate surface area is 338 Å². The van der Waals surface area contributed by atoms with Crippen LogP contribution >= 0.6 is 0 Å². The number of hydrogen-bond acceptors (Lipinski definition) is 16. The molecule has 36 heteroatoms. The molecule has 0 aliphatic heterocycles. The minimum Gasteiger partial charge on any atom is -0.396 e. The monoisotopic (exact) mass is 996 g/mol. The number of aliphatic hydroxyl groups excluding tert-OH is 5. The molecule has 16 nitrogen and oxygen atoms in total. The molecule has 0 amide bonds. The summed E-state index contributed by atoms with van der Waals surface area (Å²) in [6.45, 7) is -17.7. The quantitative estimate of drug-likeness (QED) is 0.0341. The van der Waals surface area contributed by atoms with Gasteiger partial charge in [0.15, 0.2) is 0 Å². The van der Waals surface area contributed by atoms with Gasteiger partial charge in [-0.05, 0) is 12.8 Å². The van der Waals surface area contributed by atoms with Gasteiger partial charge in [-0.25, -0.2) is 28.4 Å². The SMILES string of the molecule is OCCCC(O)COCC(F)(F)OC(F)(F)OC(F)(F)C(F)(F)OC(F)(F)COCC(O)COCC(F)(F)OC(F)(F)OC(F)(F)C(F)(F)OC(F)(F)COCC(O)COCCO. The van der Waals surface area contributed by atoms with Crippen LogP contribution in [0.1, 0.15) is 12.8 Å². The zero-order chi connectivity index (χ0) is 49.4. The van der Waals surface area contributed by atoms with Crippen LogP contribution in [0.2, 0.25) is 0 Å². The van der Waals surface area contributed by atoms with Crippen LogP contribution in [0.15, 0.2) is 0 Å². The molecule has 5 N–H and O–H groups in total. The van der Waals surface area contributed by atoms with Gasteiger partial charge in [-0.1, -0.05) is 0 Å². The highest BCUT2D eigenvalue weighted by atomic mass is 19.4. The first kappa shape index (κ1) is 61.0. The standard InChI is InChI=1S/C27H36F20O16/c28-18(29,11-55-8-16(51)7-53-5-4-49)58-22(36,37)25(42,43)63-27(46,47)61-21(34,35)14-57-10-17(52)9-56-12-19(30,31)59-23(38,39)24(40,41)62-26(44,45)60-20(32,33)13-54-6-15(50)2-1-3-48/h15-17,48-52H,1-14H2. The van der Waals surface area contributed by atoms with E-state index in [1.54, 1.807) is 0 Å². The van der Waals surface area contributed by atoms with Gasteiger partial charge >= 0.3 is 61.5 Å². The van der Waals surface area contributed by atoms with Crippen molar-refractivity contribution in [1.82, 2.24) is 0 Å². The Morgan fingerprint density at radius 2 is 0.603 bits per heavy atom. The normalized spacial score (nSPS) is 16.1. The fraction of sp³-hybridized carbons (Fsp3) is 1.00. The van der Waals surface area contributed by atoms with Crippen molar-refractivity contribution in [1.29, 1.82) is 0 Å². The average Bonchev–Trinajstić information content (AvgIpc) is 3.03. The van der Waals surface area contributed by atoms with Gasteiger partial charge in [0.25, 0.3) is 0 Å². The second-order valence-electron chi connectivity index (χ2n) is 11.8. The molecular weight excluding hydrogens is 960 g/mol. The fourth-order valence-corrected chi connectivity index (χ4v) is 3.46. The van der Waals surface area contributed by atoms with Gasteiger partial charge in [0.05, 0.1) is 52.4 Å². The van der Waals surface area contributed by atoms with E-state index in [1.807, 2.05) is 0 Å². The Morgan fingerprint density at radius 3 is 0.905 bits per heavy atom. The predicted molar refractivity (Wildman–Crippen MR) is 152 cm³/mol. The summed E-state index contributed by atoms with van der Waals surface area (Å²) in [5.41, 5.74) is 0. The van der Waals surface area contributed by atoms with Crippen LogP contribution in [0.4, 0.5) is 87.8 Å². The number of aliphatic hydroxyl groups is 5. The molecule has 380 valence electrons. The lowest BCUT2D eigenvalue weighted by Crippen LogP contribution is -2.54. The Bertz CT molecular complexity index is 1290. The van der Waals surface area contributed by atoms with Gasteiger partial charge in [0.1, 0.15) is 38.6 Å². The molecule has 0 heterocycles. The third-order valence-corrected chi connectivity index (χ3v) is 5.83. The Morgan fingerprint density at radius 1 is 0.333 bits per heavy atom. The Balaban J connectivity index is 5.05. The maximum Gasteiger partial charge on any atom is 0.495 e. The predicted octanol–water partition coefficient (Wildman–Crippen LogP) is 3.86. The van der Waals surface area contributed by atoms with Crippen LogP contribution in [0.25, 0.3) is 0 Å². The number of ether oxygens (including phenoxy) is 11. The number of alkyl halides is 20. The van der Waals surface area contributed by atoms with Crippen LogP contribution in [0.5, 0.6) is 0 Å². The highest BCUT2D eigenvalue weighted by molar-refractivity contribution is 4.73. The summed E-state index contributed by atoms with van der Waals surface area (Å²) >= 11 is 0. The van der Waals surface area contributed by atoms with Gasteiger partial charge < -0.3 is 49.2 Å². The molecule has 0 saturated carbocycles. The number of hydrogen-bond donors (Lipinski definition) is 5. The fourth-order valence-electron chi connectivity index (χ4n) is 3.46. The largest absolute Gasteiger partial charge is 0.495 e. The van der Waals surface area contributed by atoms with E-state index in [9.17, 15) is 103 Å². The Kier molecular flexibility index (Phi) is 23.8. The lowest BCUT2D eigenvalue weighted by Gasteiger charge is -2.32. The maximum absolute atomic E-state index is 13.8. The molecule has 0 fully saturated rings. The topological polar surface area (TPSA) is 203 Å². The van der Waals surface area contributed by atoms with Gasteiger partial charge in [-0.15, -0.1) is 17.6 Å². The molecule has 3 unspecified atom stereocenters. The molecule has 0 rings (SSSR count). The highest BCUT2D eigenvalue weighted by Crippen LogP contribution is 2.46. The van der Waals surface area contributed by atoms with Gasteiger partial charge in [0, 0.05) is 6.61 Å². The molecule has 0 radical (unpaired) electrons. The van der Waals surface area contributed by atoms with E-state index in [2.05, 4.69) is 52.1 Å². The minimum absolute atomic E-state index is 0.0878. The first-order valence-corrected chi connectivity index (χ1v) is 16.4. The van der Waals surface area contributed by atoms with Gasteiger partial charge in [-0.3, -0.25) is 0 Å². The van der Waals surface area contributed by atoms with Crippen molar-refractivity contribution >= 4 is 0 Å². The van der Waals surface area contributed by atoms with Crippen LogP contribution in [0.3, 0.4) is 0 Å². The molecule has 0 aliphatic carbocycles. The summed E-state index contributed by atoms with van der Waals surface area (Å²) < 4.78 is 308. The van der Waals surface area contributed by atoms with Crippen LogP contribution < -0.4 is 0 Å². The number of halogens is 20. The molecule has 0 aromatic heterocycles. The first-order valence-electron chi connectivity index (χ1n) is 16.4. The molecule has 0 aromatic carbocycles. The van der Waals surface area contributed by atoms with E-state index in [-0.39, 0.29) is 19.4 Å². The maximum atomic E-state index is 13.8. The highest BCUT2D eigenvalue weighted by Gasteiger charge is 2.70. The lowest BCUT2D eigenvalue weighted by atomic mass is 10.2. The van der Waals surface area contributed by atoms with Crippen molar-refractivity contribution in [3.05, 3.63) is 0 Å². The molecular formula is C27H36F20O16. The summed E-state index contributed by atoms with van der Waals surface area (Å²) in [7, 11) is 0. The van der Waals surface area contributed by atoms with E-state index < -0.39 is 152 Å². The van der Waals surface area contributed by atoms with Gasteiger partial charge in [-0.2, -0.15) is 70.2 Å². The van der Waals surface area contributed by atoms with Crippen molar-refractivity contribution in [3.63, 3.8) is 0 Å². The summed E-state index contributed by atoms with van der Waals surface area (Å²) in [6.07, 6.45) is -69.0. The third-order valence-electron chi connectivity index (χ3n) is 5.83. The summed E-state index contributed by atoms with van der Waals surface area (Å²) in [6, 6.07) is 0. The van der Waals surface area contributed by atoms with Crippen molar-refractivity contribution in [2.24, 2.45) is 0 Å². The molecule has 0 spiro atoms. The second-order valence-corrected chi connectivity index (χ2v) is 11.8. The smallest absolute Gasteiger partial charge is 0.396 e. The summed E-state index contributed by atoms with van der Waals surface area (Å²) in [5.74, 6) is 0. The van der Waals surface area contributed by atoms with Crippen molar-refractivity contribution in [3.8, 4) is 0 Å². The summed E-state index contributed by atoms with van der Waals surface area (Å²) in [4.78, 5) is 0. The van der Waals surface area contributed by atoms with Crippen molar-refractivity contribution in [2.45, 2.75) is 92.6 Å². The van der Waals surface area contributed by atoms with E-state index in [0.717, 1.165) is 0 Å². The first-order chi connectivity index (χ1) is 28.3. The molecule has 3 atom stereocenters. The molecule has 0 aromatic rings. The van der Waals surface area contributed by atoms with Gasteiger partial charge in [0.2, 0.25) is 0 Å². The average molecular weight is 997 g/mol. The van der Waals surface area contributed by atoms with Crippen LogP contribution in [-0.2, 0) is 52.1 Å². The molecule has 63 heavy (non-hydrogen) atoms. The van der Waals surface area contributed by atoms with E-state index in [0.29, 0.717) is 0 Å². The van der Waals surface area contributed by atoms with E-state index >= 15 is 0 Å². The van der Waals surface area contributed by atoms with Crippen LogP contribution in [0, 0.1) is 0 Å². The zero-order valence-electron chi connectivity index (χ0n) is 30.9.